The van der Waals surface area contributed by atoms with Crippen molar-refractivity contribution in [2.24, 2.45) is 11.3 Å². The summed E-state index contributed by atoms with van der Waals surface area (Å²) >= 11 is 0. The van der Waals surface area contributed by atoms with E-state index in [4.69, 9.17) is 0 Å². The van der Waals surface area contributed by atoms with Crippen LogP contribution in [0.15, 0.2) is 12.4 Å². The zero-order valence-electron chi connectivity index (χ0n) is 12.7. The van der Waals surface area contributed by atoms with Crippen LogP contribution in [0.25, 0.3) is 0 Å². The zero-order chi connectivity index (χ0) is 15.5. The van der Waals surface area contributed by atoms with Gasteiger partial charge in [0.25, 0.3) is 0 Å². The van der Waals surface area contributed by atoms with E-state index in [9.17, 15) is 14.7 Å². The molecule has 1 aromatic heterocycles. The minimum atomic E-state index is -1.07. The monoisotopic (exact) mass is 281 g/mol. The topological polar surface area (TPSA) is 84.2 Å². The third-order valence-corrected chi connectivity index (χ3v) is 3.70. The van der Waals surface area contributed by atoms with E-state index in [2.05, 4.69) is 10.4 Å². The molecule has 0 bridgehead atoms. The van der Waals surface area contributed by atoms with Gasteiger partial charge >= 0.3 is 5.97 Å². The fourth-order valence-electron chi connectivity index (χ4n) is 1.75. The number of hydrogen-bond donors (Lipinski definition) is 2. The number of carboxylic acids is 1. The zero-order valence-corrected chi connectivity index (χ0v) is 12.7. The van der Waals surface area contributed by atoms with Crippen LogP contribution < -0.4 is 5.32 Å². The van der Waals surface area contributed by atoms with E-state index >= 15 is 0 Å². The van der Waals surface area contributed by atoms with Gasteiger partial charge in [0.15, 0.2) is 0 Å². The van der Waals surface area contributed by atoms with E-state index in [-0.39, 0.29) is 24.3 Å². The maximum absolute atomic E-state index is 12.0. The second-order valence-electron chi connectivity index (χ2n) is 5.91. The molecular weight excluding hydrogens is 258 g/mol. The molecule has 0 aromatic carbocycles. The van der Waals surface area contributed by atoms with Crippen molar-refractivity contribution in [3.8, 4) is 0 Å². The summed E-state index contributed by atoms with van der Waals surface area (Å²) in [7, 11) is 0. The highest BCUT2D eigenvalue weighted by molar-refractivity contribution is 5.94. The maximum Gasteiger partial charge on any atom is 0.310 e. The van der Waals surface area contributed by atoms with Crippen LogP contribution in [-0.4, -0.2) is 26.8 Å². The average molecular weight is 281 g/mol. The Morgan fingerprint density at radius 2 is 2.00 bits per heavy atom. The highest BCUT2D eigenvalue weighted by Gasteiger charge is 2.38. The molecule has 0 fully saturated rings. The van der Waals surface area contributed by atoms with Gasteiger partial charge in [-0.2, -0.15) is 5.10 Å². The van der Waals surface area contributed by atoms with E-state index in [1.807, 2.05) is 13.8 Å². The first-order chi connectivity index (χ1) is 9.16. The van der Waals surface area contributed by atoms with Gasteiger partial charge in [0, 0.05) is 18.7 Å². The number of anilines is 1. The van der Waals surface area contributed by atoms with Crippen molar-refractivity contribution >= 4 is 17.6 Å². The smallest absolute Gasteiger partial charge is 0.310 e. The van der Waals surface area contributed by atoms with Crippen molar-refractivity contribution < 1.29 is 14.7 Å². The lowest BCUT2D eigenvalue weighted by Gasteiger charge is -2.28. The van der Waals surface area contributed by atoms with Crippen LogP contribution >= 0.6 is 0 Å². The predicted octanol–water partition coefficient (Wildman–Crippen LogP) is 2.54. The normalized spacial score (nSPS) is 14.3. The first-order valence-corrected chi connectivity index (χ1v) is 6.74. The SMILES string of the molecule is CC(C)n1cc(NC(=O)CC(C)(C(=O)O)C(C)C)cn1. The molecule has 20 heavy (non-hydrogen) atoms. The molecule has 0 aliphatic rings. The van der Waals surface area contributed by atoms with Gasteiger partial charge in [0.1, 0.15) is 0 Å². The largest absolute Gasteiger partial charge is 0.481 e. The summed E-state index contributed by atoms with van der Waals surface area (Å²) in [5, 5.41) is 16.1. The van der Waals surface area contributed by atoms with Crippen molar-refractivity contribution in [3.63, 3.8) is 0 Å². The Morgan fingerprint density at radius 1 is 1.40 bits per heavy atom. The van der Waals surface area contributed by atoms with Crippen LogP contribution in [-0.2, 0) is 9.59 Å². The summed E-state index contributed by atoms with van der Waals surface area (Å²) in [6, 6.07) is 0.209. The van der Waals surface area contributed by atoms with E-state index in [1.54, 1.807) is 37.8 Å². The first kappa shape index (κ1) is 16.2. The summed E-state index contributed by atoms with van der Waals surface area (Å²) in [5.74, 6) is -1.41. The summed E-state index contributed by atoms with van der Waals surface area (Å²) in [6.45, 7) is 9.17. The maximum atomic E-state index is 12.0. The molecule has 0 spiro atoms. The number of aliphatic carboxylic acids is 1. The molecule has 1 rings (SSSR count). The van der Waals surface area contributed by atoms with Gasteiger partial charge in [0.2, 0.25) is 5.91 Å². The van der Waals surface area contributed by atoms with Crippen LogP contribution in [0.5, 0.6) is 0 Å². The van der Waals surface area contributed by atoms with Gasteiger partial charge < -0.3 is 10.4 Å². The Morgan fingerprint density at radius 3 is 2.40 bits per heavy atom. The van der Waals surface area contributed by atoms with E-state index in [1.165, 1.54) is 0 Å². The number of nitrogens with zero attached hydrogens (tertiary/aromatic N) is 2. The lowest BCUT2D eigenvalue weighted by molar-refractivity contribution is -0.153. The molecule has 0 saturated heterocycles. The molecule has 6 heteroatoms. The number of hydrogen-bond acceptors (Lipinski definition) is 3. The molecule has 0 aliphatic carbocycles. The van der Waals surface area contributed by atoms with Gasteiger partial charge in [0.05, 0.1) is 17.3 Å². The number of carbonyl (C=O) groups is 2. The lowest BCUT2D eigenvalue weighted by atomic mass is 9.76. The fourth-order valence-corrected chi connectivity index (χ4v) is 1.75. The summed E-state index contributed by atoms with van der Waals surface area (Å²) in [5.41, 5.74) is -0.488. The van der Waals surface area contributed by atoms with Gasteiger partial charge in [-0.1, -0.05) is 13.8 Å². The Hall–Kier alpha value is -1.85. The number of amides is 1. The Balaban J connectivity index is 2.73. The molecule has 1 heterocycles. The van der Waals surface area contributed by atoms with Crippen LogP contribution in [0.2, 0.25) is 0 Å². The van der Waals surface area contributed by atoms with E-state index < -0.39 is 11.4 Å². The average Bonchev–Trinajstić information content (AvgIpc) is 2.76. The summed E-state index contributed by atoms with van der Waals surface area (Å²) in [6.07, 6.45) is 3.23. The Labute approximate surface area is 119 Å². The fraction of sp³-hybridized carbons (Fsp3) is 0.643. The molecule has 1 unspecified atom stereocenters. The Bertz CT molecular complexity index is 494. The van der Waals surface area contributed by atoms with Gasteiger partial charge in [-0.25, -0.2) is 0 Å². The number of carbonyl (C=O) groups excluding carboxylic acids is 1. The molecule has 2 N–H and O–H groups in total. The number of nitrogens with one attached hydrogen (secondary N) is 1. The minimum Gasteiger partial charge on any atom is -0.481 e. The van der Waals surface area contributed by atoms with Crippen molar-refractivity contribution in [2.45, 2.75) is 47.1 Å². The highest BCUT2D eigenvalue weighted by atomic mass is 16.4. The van der Waals surface area contributed by atoms with Crippen molar-refractivity contribution in [2.75, 3.05) is 5.32 Å². The van der Waals surface area contributed by atoms with Crippen LogP contribution in [0.1, 0.15) is 47.1 Å². The lowest BCUT2D eigenvalue weighted by Crippen LogP contribution is -2.37. The van der Waals surface area contributed by atoms with Crippen LogP contribution in [0.3, 0.4) is 0 Å². The molecular formula is C14H23N3O3. The molecule has 1 amide bonds. The van der Waals surface area contributed by atoms with E-state index in [0.29, 0.717) is 5.69 Å². The second-order valence-corrected chi connectivity index (χ2v) is 5.91. The van der Waals surface area contributed by atoms with E-state index in [0.717, 1.165) is 0 Å². The second kappa shape index (κ2) is 6.07. The van der Waals surface area contributed by atoms with Gasteiger partial charge in [-0.15, -0.1) is 0 Å². The van der Waals surface area contributed by atoms with Crippen molar-refractivity contribution in [1.82, 2.24) is 9.78 Å². The molecule has 0 radical (unpaired) electrons. The first-order valence-electron chi connectivity index (χ1n) is 6.74. The molecule has 0 aliphatic heterocycles. The minimum absolute atomic E-state index is 0.0626. The molecule has 0 saturated carbocycles. The predicted molar refractivity (Wildman–Crippen MR) is 76.4 cm³/mol. The standard InChI is InChI=1S/C14H23N3O3/c1-9(2)14(5,13(19)20)6-12(18)16-11-7-15-17(8-11)10(3)4/h7-10H,6H2,1-5H3,(H,16,18)(H,19,20). The molecule has 6 nitrogen and oxygen atoms in total. The van der Waals surface area contributed by atoms with Crippen LogP contribution in [0, 0.1) is 11.3 Å². The van der Waals surface area contributed by atoms with Gasteiger partial charge in [-0.05, 0) is 26.7 Å². The number of rotatable bonds is 6. The quantitative estimate of drug-likeness (QED) is 0.839. The van der Waals surface area contributed by atoms with Crippen molar-refractivity contribution in [3.05, 3.63) is 12.4 Å². The Kier molecular flexibility index (Phi) is 4.92. The third-order valence-electron chi connectivity index (χ3n) is 3.70. The number of aromatic nitrogens is 2. The van der Waals surface area contributed by atoms with Gasteiger partial charge in [-0.3, -0.25) is 14.3 Å². The summed E-state index contributed by atoms with van der Waals surface area (Å²) in [4.78, 5) is 23.4. The molecule has 1 atom stereocenters. The number of carboxylic acid groups (broad SMARTS) is 1. The van der Waals surface area contributed by atoms with Crippen molar-refractivity contribution in [1.29, 1.82) is 0 Å². The highest BCUT2D eigenvalue weighted by Crippen LogP contribution is 2.31. The molecule has 112 valence electrons. The molecule has 1 aromatic rings. The third kappa shape index (κ3) is 3.59. The van der Waals surface area contributed by atoms with Crippen LogP contribution in [0.4, 0.5) is 5.69 Å². The summed E-state index contributed by atoms with van der Waals surface area (Å²) < 4.78 is 1.73.